The summed E-state index contributed by atoms with van der Waals surface area (Å²) in [6.07, 6.45) is 1.88. The summed E-state index contributed by atoms with van der Waals surface area (Å²) in [5.74, 6) is -2.58. The van der Waals surface area contributed by atoms with Crippen LogP contribution in [0.15, 0.2) is 48.0 Å². The molecule has 0 bridgehead atoms. The molecule has 2 aromatic heterocycles. The quantitative estimate of drug-likeness (QED) is 0.0704. The smallest absolute Gasteiger partial charge is 0.352 e. The maximum Gasteiger partial charge on any atom is 0.352 e. The van der Waals surface area contributed by atoms with Crippen molar-refractivity contribution in [1.82, 2.24) is 29.5 Å². The van der Waals surface area contributed by atoms with E-state index < -0.39 is 40.3 Å². The Morgan fingerprint density at radius 1 is 1.35 bits per heavy atom. The molecule has 0 aromatic carbocycles. The van der Waals surface area contributed by atoms with Crippen molar-refractivity contribution in [3.05, 3.63) is 54.5 Å². The van der Waals surface area contributed by atoms with E-state index >= 15 is 0 Å². The number of allylic oxidation sites excluding steroid dienone is 1. The van der Waals surface area contributed by atoms with Gasteiger partial charge in [0, 0.05) is 18.2 Å². The van der Waals surface area contributed by atoms with Crippen molar-refractivity contribution in [2.75, 3.05) is 18.6 Å². The largest absolute Gasteiger partial charge is 0.477 e. The number of hydrogen-bond acceptors (Lipinski definition) is 14. The van der Waals surface area contributed by atoms with Gasteiger partial charge < -0.3 is 25.8 Å². The lowest BCUT2D eigenvalue weighted by molar-refractivity contribution is -0.150. The number of nitrogens with two attached hydrogens (primary N) is 1. The van der Waals surface area contributed by atoms with Crippen LogP contribution in [0.25, 0.3) is 0 Å². The lowest BCUT2D eigenvalue weighted by atomic mass is 10.0. The van der Waals surface area contributed by atoms with Gasteiger partial charge in [-0.3, -0.25) is 28.6 Å². The molecule has 4 heterocycles. The number of aliphatic carboxylic acids is 1. The van der Waals surface area contributed by atoms with E-state index in [4.69, 9.17) is 10.6 Å². The number of thioether (sulfide) groups is 2. The number of anilines is 1. The average Bonchev–Trinajstić information content (AvgIpc) is 3.36. The first-order chi connectivity index (χ1) is 19.1. The SMILES string of the molecule is CO/N=C(\C(=O)NC1C(=O)N2C(C(=O)O)=C(/C=C/Sc3nn(C)c(=O)c(=O)n3CC=O)CSC12)c1csc(N)n1. The highest BCUT2D eigenvalue weighted by atomic mass is 32.2. The number of amides is 2. The number of carboxylic acid groups (broad SMARTS) is 1. The van der Waals surface area contributed by atoms with Crippen LogP contribution in [0.3, 0.4) is 0 Å². The highest BCUT2D eigenvalue weighted by molar-refractivity contribution is 8.02. The maximum atomic E-state index is 13.0. The minimum atomic E-state index is -1.36. The summed E-state index contributed by atoms with van der Waals surface area (Å²) in [7, 11) is 2.52. The zero-order chi connectivity index (χ0) is 29.1. The summed E-state index contributed by atoms with van der Waals surface area (Å²) >= 11 is 3.20. The molecule has 1 fully saturated rings. The second-order valence-corrected chi connectivity index (χ2v) is 10.8. The van der Waals surface area contributed by atoms with Crippen molar-refractivity contribution in [1.29, 1.82) is 0 Å². The molecular weight excluding hydrogens is 588 g/mol. The number of aryl methyl sites for hydroxylation is 1. The van der Waals surface area contributed by atoms with E-state index in [9.17, 15) is 33.9 Å². The van der Waals surface area contributed by atoms with Crippen LogP contribution in [0, 0.1) is 0 Å². The third-order valence-electron chi connectivity index (χ3n) is 5.54. The van der Waals surface area contributed by atoms with Gasteiger partial charge in [0.25, 0.3) is 11.8 Å². The number of aldehydes is 1. The minimum Gasteiger partial charge on any atom is -0.477 e. The minimum absolute atomic E-state index is 0.0347. The molecule has 4 rings (SSSR count). The molecule has 40 heavy (non-hydrogen) atoms. The van der Waals surface area contributed by atoms with Gasteiger partial charge in [0.15, 0.2) is 16.0 Å². The predicted molar refractivity (Wildman–Crippen MR) is 145 cm³/mol. The lowest BCUT2D eigenvalue weighted by Gasteiger charge is -2.49. The Hall–Kier alpha value is -4.23. The zero-order valence-electron chi connectivity index (χ0n) is 20.7. The van der Waals surface area contributed by atoms with E-state index in [0.29, 0.717) is 6.29 Å². The molecule has 4 N–H and O–H groups in total. The molecule has 2 aliphatic rings. The summed E-state index contributed by atoms with van der Waals surface area (Å²) in [6, 6.07) is -1.03. The van der Waals surface area contributed by atoms with Gasteiger partial charge in [-0.2, -0.15) is 0 Å². The number of carbonyl (C=O) groups is 4. The van der Waals surface area contributed by atoms with Gasteiger partial charge in [0.05, 0.1) is 6.54 Å². The van der Waals surface area contributed by atoms with E-state index in [1.807, 2.05) is 0 Å². The van der Waals surface area contributed by atoms with Crippen molar-refractivity contribution in [3.63, 3.8) is 0 Å². The van der Waals surface area contributed by atoms with E-state index in [1.54, 1.807) is 0 Å². The molecular formula is C21H20N8O8S3. The van der Waals surface area contributed by atoms with Crippen molar-refractivity contribution in [2.24, 2.45) is 12.2 Å². The van der Waals surface area contributed by atoms with Gasteiger partial charge in [-0.25, -0.2) is 14.5 Å². The van der Waals surface area contributed by atoms with Crippen LogP contribution in [-0.2, 0) is 37.6 Å². The molecule has 0 saturated carbocycles. The Morgan fingerprint density at radius 2 is 2.10 bits per heavy atom. The van der Waals surface area contributed by atoms with Gasteiger partial charge in [-0.1, -0.05) is 16.9 Å². The molecule has 0 aliphatic carbocycles. The van der Waals surface area contributed by atoms with Crippen molar-refractivity contribution in [3.8, 4) is 0 Å². The Balaban J connectivity index is 1.54. The van der Waals surface area contributed by atoms with Crippen LogP contribution < -0.4 is 22.2 Å². The predicted octanol–water partition coefficient (Wildman–Crippen LogP) is -1.43. The molecule has 2 aliphatic heterocycles. The number of thiazole rings is 1. The van der Waals surface area contributed by atoms with E-state index in [0.717, 1.165) is 37.2 Å². The second kappa shape index (κ2) is 11.9. The van der Waals surface area contributed by atoms with E-state index in [1.165, 1.54) is 42.8 Å². The molecule has 2 aromatic rings. The summed E-state index contributed by atoms with van der Waals surface area (Å²) < 4.78 is 1.73. The molecule has 2 atom stereocenters. The Kier molecular flexibility index (Phi) is 8.55. The molecule has 0 radical (unpaired) electrons. The monoisotopic (exact) mass is 608 g/mol. The summed E-state index contributed by atoms with van der Waals surface area (Å²) in [6.45, 7) is -0.388. The molecule has 0 spiro atoms. The van der Waals surface area contributed by atoms with Crippen LogP contribution in [0.5, 0.6) is 0 Å². The fourth-order valence-corrected chi connectivity index (χ4v) is 6.42. The van der Waals surface area contributed by atoms with Crippen LogP contribution in [-0.4, -0.2) is 83.4 Å². The summed E-state index contributed by atoms with van der Waals surface area (Å²) in [5, 5.41) is 22.6. The van der Waals surface area contributed by atoms with Crippen LogP contribution >= 0.6 is 34.9 Å². The number of hydrogen-bond donors (Lipinski definition) is 3. The van der Waals surface area contributed by atoms with Gasteiger partial charge in [0.1, 0.15) is 36.2 Å². The van der Waals surface area contributed by atoms with Crippen molar-refractivity contribution >= 4 is 69.8 Å². The summed E-state index contributed by atoms with van der Waals surface area (Å²) in [5.41, 5.74) is 3.76. The lowest BCUT2D eigenvalue weighted by Crippen LogP contribution is -2.71. The second-order valence-electron chi connectivity index (χ2n) is 7.95. The van der Waals surface area contributed by atoms with Crippen LogP contribution in [0.4, 0.5) is 5.13 Å². The molecule has 2 amide bonds. The number of aromatic nitrogens is 4. The first kappa shape index (κ1) is 28.8. The third kappa shape index (κ3) is 5.42. The number of carbonyl (C=O) groups excluding carboxylic acids is 3. The number of nitrogen functional groups attached to an aromatic ring is 1. The Bertz CT molecular complexity index is 1610. The third-order valence-corrected chi connectivity index (χ3v) is 8.30. The maximum absolute atomic E-state index is 13.0. The Morgan fingerprint density at radius 3 is 2.73 bits per heavy atom. The fraction of sp³-hybridized carbons (Fsp3) is 0.286. The topological polar surface area (TPSA) is 221 Å². The first-order valence-corrected chi connectivity index (χ1v) is 13.9. The highest BCUT2D eigenvalue weighted by Crippen LogP contribution is 2.41. The molecule has 19 heteroatoms. The van der Waals surface area contributed by atoms with Gasteiger partial charge >= 0.3 is 17.1 Å². The first-order valence-electron chi connectivity index (χ1n) is 11.1. The average molecular weight is 609 g/mol. The van der Waals surface area contributed by atoms with Gasteiger partial charge in [0.2, 0.25) is 0 Å². The van der Waals surface area contributed by atoms with Crippen LogP contribution in [0.1, 0.15) is 5.69 Å². The zero-order valence-corrected chi connectivity index (χ0v) is 23.1. The van der Waals surface area contributed by atoms with E-state index in [-0.39, 0.29) is 45.3 Å². The van der Waals surface area contributed by atoms with Crippen molar-refractivity contribution < 1.29 is 29.1 Å². The highest BCUT2D eigenvalue weighted by Gasteiger charge is 2.54. The number of oxime groups is 1. The van der Waals surface area contributed by atoms with Gasteiger partial charge in [-0.05, 0) is 17.1 Å². The molecule has 210 valence electrons. The van der Waals surface area contributed by atoms with Crippen LogP contribution in [0.2, 0.25) is 0 Å². The standard InChI is InChI=1S/C21H20N8O8S3/c1-27-16(33)17(34)28(4-5-30)21(25-27)38-6-3-9-7-39-18-12(15(32)29(18)13(9)19(35)36)24-14(31)11(26-37-2)10-8-40-20(22)23-10/h3,5-6,8,12,18H,4,7H2,1-2H3,(H2,22,23)(H,24,31)(H,35,36)/b6-3+,26-11-. The van der Waals surface area contributed by atoms with E-state index in [2.05, 4.69) is 20.6 Å². The number of rotatable bonds is 10. The number of carboxylic acids is 1. The molecule has 16 nitrogen and oxygen atoms in total. The number of fused-ring (bicyclic) bond motifs is 1. The number of nitrogens with zero attached hydrogens (tertiary/aromatic N) is 6. The van der Waals surface area contributed by atoms with Gasteiger partial charge in [-0.15, -0.1) is 28.2 Å². The summed E-state index contributed by atoms with van der Waals surface area (Å²) in [4.78, 5) is 82.8. The number of β-lactam (4-membered cyclic amide) rings is 1. The normalized spacial score (nSPS) is 18.9. The van der Waals surface area contributed by atoms with Crippen molar-refractivity contribution in [2.45, 2.75) is 23.1 Å². The fourth-order valence-electron chi connectivity index (χ4n) is 3.74. The Labute approximate surface area is 236 Å². The number of nitrogens with one attached hydrogen (secondary N) is 1. The molecule has 2 unspecified atom stereocenters. The molecule has 1 saturated heterocycles.